The predicted octanol–water partition coefficient (Wildman–Crippen LogP) is 3.46. The zero-order valence-electron chi connectivity index (χ0n) is 12.5. The number of benzene rings is 2. The zero-order chi connectivity index (χ0) is 15.9. The molecule has 0 aromatic heterocycles. The summed E-state index contributed by atoms with van der Waals surface area (Å²) in [6, 6.07) is 14.9. The molecule has 0 heterocycles. The van der Waals surface area contributed by atoms with Crippen molar-refractivity contribution in [2.75, 3.05) is 5.32 Å². The molecule has 0 aliphatic heterocycles. The van der Waals surface area contributed by atoms with Crippen molar-refractivity contribution in [3.05, 3.63) is 65.2 Å². The molecule has 0 unspecified atom stereocenters. The Balaban J connectivity index is 1.93. The lowest BCUT2D eigenvalue weighted by molar-refractivity contribution is 0.107. The maximum atomic E-state index is 11.8. The molecule has 4 nitrogen and oxygen atoms in total. The number of Topliss-reactive ketones (excluding diaryl/α,β-unsaturated/α-hetero) is 1. The fraction of sp³-hybridized carbons (Fsp3) is 0.118. The molecule has 2 N–H and O–H groups in total. The van der Waals surface area contributed by atoms with Gasteiger partial charge in [0.1, 0.15) is 0 Å². The molecule has 0 spiro atoms. The quantitative estimate of drug-likeness (QED) is 0.393. The third-order valence-electron chi connectivity index (χ3n) is 3.13. The first-order valence-corrected chi connectivity index (χ1v) is 7.24. The average molecular weight is 311 g/mol. The number of carbonyl (C=O) groups excluding carboxylic acids is 1. The summed E-state index contributed by atoms with van der Waals surface area (Å²) in [5.41, 5.74) is 6.37. The van der Waals surface area contributed by atoms with Crippen LogP contribution in [0.3, 0.4) is 0 Å². The number of ketones is 1. The van der Waals surface area contributed by atoms with Crippen molar-refractivity contribution in [2.24, 2.45) is 5.10 Å². The van der Waals surface area contributed by atoms with Crippen molar-refractivity contribution in [3.63, 3.8) is 0 Å². The summed E-state index contributed by atoms with van der Waals surface area (Å²) in [6.45, 7) is 4.00. The van der Waals surface area contributed by atoms with E-state index in [0.717, 1.165) is 16.8 Å². The Kier molecular flexibility index (Phi) is 5.38. The van der Waals surface area contributed by atoms with Crippen molar-refractivity contribution in [3.8, 4) is 0 Å². The van der Waals surface area contributed by atoms with E-state index in [1.54, 1.807) is 12.1 Å². The molecule has 112 valence electrons. The number of anilines is 1. The Morgan fingerprint density at radius 2 is 1.68 bits per heavy atom. The Morgan fingerprint density at radius 1 is 1.05 bits per heavy atom. The number of nitrogens with zero attached hydrogens (tertiary/aromatic N) is 1. The molecule has 0 amide bonds. The minimum Gasteiger partial charge on any atom is -0.331 e. The molecule has 0 fully saturated rings. The molecule has 0 aliphatic rings. The number of para-hydroxylation sites is 1. The lowest BCUT2D eigenvalue weighted by Gasteiger charge is -2.12. The van der Waals surface area contributed by atoms with Gasteiger partial charge in [0.25, 0.3) is 0 Å². The molecule has 2 aromatic carbocycles. The highest BCUT2D eigenvalue weighted by molar-refractivity contribution is 7.80. The van der Waals surface area contributed by atoms with E-state index < -0.39 is 0 Å². The second kappa shape index (κ2) is 7.47. The van der Waals surface area contributed by atoms with Crippen LogP contribution in [0.15, 0.2) is 53.6 Å². The van der Waals surface area contributed by atoms with Crippen LogP contribution in [0.5, 0.6) is 0 Å². The van der Waals surface area contributed by atoms with Crippen LogP contribution in [-0.4, -0.2) is 17.1 Å². The second-order valence-corrected chi connectivity index (χ2v) is 5.23. The molecule has 5 heteroatoms. The van der Waals surface area contributed by atoms with Crippen LogP contribution < -0.4 is 10.7 Å². The topological polar surface area (TPSA) is 53.5 Å². The van der Waals surface area contributed by atoms with Gasteiger partial charge in [-0.3, -0.25) is 10.2 Å². The molecule has 0 saturated carbocycles. The summed E-state index contributed by atoms with van der Waals surface area (Å²) in [4.78, 5) is 11.8. The molecule has 2 aromatic rings. The van der Waals surface area contributed by atoms with Crippen LogP contribution in [0, 0.1) is 13.8 Å². The van der Waals surface area contributed by atoms with Crippen LogP contribution in [0.1, 0.15) is 21.5 Å². The zero-order valence-corrected chi connectivity index (χ0v) is 13.3. The molecule has 0 aliphatic carbocycles. The highest BCUT2D eigenvalue weighted by Gasteiger charge is 2.04. The van der Waals surface area contributed by atoms with E-state index in [-0.39, 0.29) is 5.78 Å². The van der Waals surface area contributed by atoms with Gasteiger partial charge in [0.15, 0.2) is 5.11 Å². The summed E-state index contributed by atoms with van der Waals surface area (Å²) < 4.78 is 0. The number of carbonyl (C=O) groups is 1. The first-order chi connectivity index (χ1) is 10.6. The lowest BCUT2D eigenvalue weighted by atomic mass is 10.1. The van der Waals surface area contributed by atoms with E-state index in [0.29, 0.717) is 10.7 Å². The number of aryl methyl sites for hydroxylation is 2. The molecule has 2 rings (SSSR count). The summed E-state index contributed by atoms with van der Waals surface area (Å²) >= 11 is 5.18. The van der Waals surface area contributed by atoms with E-state index in [1.807, 2.05) is 50.2 Å². The van der Waals surface area contributed by atoms with Crippen LogP contribution in [0.4, 0.5) is 5.69 Å². The normalized spacial score (nSPS) is 10.5. The van der Waals surface area contributed by atoms with Gasteiger partial charge in [0, 0.05) is 11.3 Å². The Labute approximate surface area is 135 Å². The molecular weight excluding hydrogens is 294 g/mol. The molecular formula is C17H17N3OS. The lowest BCUT2D eigenvalue weighted by Crippen LogP contribution is -2.25. The van der Waals surface area contributed by atoms with Gasteiger partial charge in [-0.25, -0.2) is 0 Å². The molecule has 0 bridgehead atoms. The minimum absolute atomic E-state index is 0.178. The van der Waals surface area contributed by atoms with Gasteiger partial charge in [-0.05, 0) is 37.2 Å². The maximum Gasteiger partial charge on any atom is 0.205 e. The molecule has 0 radical (unpaired) electrons. The van der Waals surface area contributed by atoms with Crippen molar-refractivity contribution < 1.29 is 4.79 Å². The largest absolute Gasteiger partial charge is 0.331 e. The smallest absolute Gasteiger partial charge is 0.205 e. The van der Waals surface area contributed by atoms with Crippen LogP contribution in [-0.2, 0) is 0 Å². The second-order valence-electron chi connectivity index (χ2n) is 4.82. The fourth-order valence-electron chi connectivity index (χ4n) is 1.98. The van der Waals surface area contributed by atoms with Crippen LogP contribution in [0.2, 0.25) is 0 Å². The summed E-state index contributed by atoms with van der Waals surface area (Å²) in [5, 5.41) is 7.30. The first kappa shape index (κ1) is 15.9. The Bertz CT molecular complexity index is 691. The van der Waals surface area contributed by atoms with Gasteiger partial charge in [-0.15, -0.1) is 0 Å². The van der Waals surface area contributed by atoms with Gasteiger partial charge < -0.3 is 5.32 Å². The summed E-state index contributed by atoms with van der Waals surface area (Å²) in [7, 11) is 0. The number of thiocarbonyl (C=S) groups is 1. The SMILES string of the molecule is Cc1cccc(C)c1NC(=S)N/N=C/C(=O)c1ccccc1. The van der Waals surface area contributed by atoms with Gasteiger partial charge in [-0.2, -0.15) is 5.10 Å². The standard InChI is InChI=1S/C17H17N3OS/c1-12-7-6-8-13(2)16(12)19-17(22)20-18-11-15(21)14-9-4-3-5-10-14/h3-11H,1-2H3,(H2,19,20,22)/b18-11+. The van der Waals surface area contributed by atoms with E-state index in [9.17, 15) is 4.79 Å². The number of hydrazone groups is 1. The average Bonchev–Trinajstić information content (AvgIpc) is 2.52. The Hall–Kier alpha value is -2.53. The molecule has 22 heavy (non-hydrogen) atoms. The minimum atomic E-state index is -0.178. The van der Waals surface area contributed by atoms with E-state index in [1.165, 1.54) is 6.21 Å². The van der Waals surface area contributed by atoms with Crippen LogP contribution >= 0.6 is 12.2 Å². The van der Waals surface area contributed by atoms with Crippen molar-refractivity contribution in [1.29, 1.82) is 0 Å². The van der Waals surface area contributed by atoms with E-state index in [2.05, 4.69) is 15.8 Å². The van der Waals surface area contributed by atoms with E-state index >= 15 is 0 Å². The third kappa shape index (κ3) is 4.23. The van der Waals surface area contributed by atoms with Gasteiger partial charge in [-0.1, -0.05) is 48.5 Å². The highest BCUT2D eigenvalue weighted by Crippen LogP contribution is 2.18. The number of hydrogen-bond acceptors (Lipinski definition) is 3. The number of nitrogens with one attached hydrogen (secondary N) is 2. The van der Waals surface area contributed by atoms with Gasteiger partial charge in [0.05, 0.1) is 6.21 Å². The van der Waals surface area contributed by atoms with Crippen molar-refractivity contribution >= 4 is 35.0 Å². The van der Waals surface area contributed by atoms with Crippen molar-refractivity contribution in [2.45, 2.75) is 13.8 Å². The third-order valence-corrected chi connectivity index (χ3v) is 3.32. The molecule has 0 atom stereocenters. The fourth-order valence-corrected chi connectivity index (χ4v) is 2.13. The van der Waals surface area contributed by atoms with Crippen molar-refractivity contribution in [1.82, 2.24) is 5.43 Å². The summed E-state index contributed by atoms with van der Waals surface area (Å²) in [5.74, 6) is -0.178. The first-order valence-electron chi connectivity index (χ1n) is 6.83. The maximum absolute atomic E-state index is 11.8. The molecule has 0 saturated heterocycles. The number of hydrogen-bond donors (Lipinski definition) is 2. The Morgan fingerprint density at radius 3 is 2.32 bits per heavy atom. The monoisotopic (exact) mass is 311 g/mol. The van der Waals surface area contributed by atoms with Gasteiger partial charge in [0.2, 0.25) is 5.78 Å². The number of rotatable bonds is 4. The summed E-state index contributed by atoms with van der Waals surface area (Å²) in [6.07, 6.45) is 1.22. The van der Waals surface area contributed by atoms with Crippen LogP contribution in [0.25, 0.3) is 0 Å². The predicted molar refractivity (Wildman–Crippen MR) is 94.5 cm³/mol. The van der Waals surface area contributed by atoms with Gasteiger partial charge >= 0.3 is 0 Å². The van der Waals surface area contributed by atoms with E-state index in [4.69, 9.17) is 12.2 Å². The highest BCUT2D eigenvalue weighted by atomic mass is 32.1.